The van der Waals surface area contributed by atoms with E-state index in [1.54, 1.807) is 12.3 Å². The van der Waals surface area contributed by atoms with Gasteiger partial charge in [-0.3, -0.25) is 0 Å². The Bertz CT molecular complexity index is 1230. The van der Waals surface area contributed by atoms with Gasteiger partial charge in [0.2, 0.25) is 0 Å². The van der Waals surface area contributed by atoms with Crippen LogP contribution in [0.2, 0.25) is 0 Å². The van der Waals surface area contributed by atoms with Gasteiger partial charge in [-0.2, -0.15) is 4.98 Å². The van der Waals surface area contributed by atoms with Crippen molar-refractivity contribution in [1.29, 1.82) is 0 Å². The van der Waals surface area contributed by atoms with Gasteiger partial charge in [-0.05, 0) is 35.1 Å². The summed E-state index contributed by atoms with van der Waals surface area (Å²) in [5.74, 6) is 1.31. The van der Waals surface area contributed by atoms with Crippen molar-refractivity contribution in [2.45, 2.75) is 25.0 Å². The van der Waals surface area contributed by atoms with Gasteiger partial charge in [0.15, 0.2) is 9.84 Å². The molecule has 0 bridgehead atoms. The highest BCUT2D eigenvalue weighted by atomic mass is 32.2. The van der Waals surface area contributed by atoms with Crippen molar-refractivity contribution in [1.82, 2.24) is 15.0 Å². The van der Waals surface area contributed by atoms with Gasteiger partial charge in [-0.25, -0.2) is 18.2 Å². The van der Waals surface area contributed by atoms with Gasteiger partial charge in [-0.15, -0.1) is 0 Å². The number of fused-ring (bicyclic) bond motifs is 1. The lowest BCUT2D eigenvalue weighted by molar-refractivity contribution is 0.547. The van der Waals surface area contributed by atoms with Crippen LogP contribution in [0, 0.1) is 0 Å². The summed E-state index contributed by atoms with van der Waals surface area (Å²) in [5.41, 5.74) is 1.73. The lowest BCUT2D eigenvalue weighted by Gasteiger charge is -2.40. The normalized spacial score (nSPS) is 15.0. The van der Waals surface area contributed by atoms with Crippen molar-refractivity contribution in [2.24, 2.45) is 0 Å². The fourth-order valence-electron chi connectivity index (χ4n) is 3.57. The zero-order valence-corrected chi connectivity index (χ0v) is 17.3. The topological polar surface area (TPSA) is 108 Å². The van der Waals surface area contributed by atoms with E-state index in [0.29, 0.717) is 30.6 Å². The lowest BCUT2D eigenvalue weighted by atomic mass is 9.95. The molecule has 29 heavy (non-hydrogen) atoms. The average Bonchev–Trinajstić information content (AvgIpc) is 2.59. The van der Waals surface area contributed by atoms with Crippen molar-refractivity contribution in [3.63, 3.8) is 0 Å². The van der Waals surface area contributed by atoms with E-state index in [1.165, 1.54) is 18.0 Å². The summed E-state index contributed by atoms with van der Waals surface area (Å²) < 4.78 is 23.5. The summed E-state index contributed by atoms with van der Waals surface area (Å²) in [6, 6.07) is 7.75. The summed E-state index contributed by atoms with van der Waals surface area (Å²) >= 11 is 0. The fourth-order valence-corrected chi connectivity index (χ4v) is 4.47. The highest BCUT2D eigenvalue weighted by molar-refractivity contribution is 7.91. The molecule has 4 rings (SSSR count). The Kier molecular flexibility index (Phi) is 4.77. The van der Waals surface area contributed by atoms with Crippen LogP contribution in [0.1, 0.15) is 25.3 Å². The Morgan fingerprint density at radius 1 is 1.17 bits per heavy atom. The van der Waals surface area contributed by atoms with E-state index in [2.05, 4.69) is 45.1 Å². The maximum atomic E-state index is 11.8. The van der Waals surface area contributed by atoms with Crippen LogP contribution < -0.4 is 15.9 Å². The van der Waals surface area contributed by atoms with E-state index in [4.69, 9.17) is 0 Å². The quantitative estimate of drug-likeness (QED) is 0.661. The first-order chi connectivity index (χ1) is 13.7. The Hall–Kier alpha value is -2.94. The molecule has 1 saturated heterocycles. The molecule has 1 aliphatic rings. The first-order valence-electron chi connectivity index (χ1n) is 9.41. The number of anilines is 3. The number of H-pyrrole nitrogens is 1. The van der Waals surface area contributed by atoms with E-state index in [9.17, 15) is 13.2 Å². The molecule has 8 nitrogen and oxygen atoms in total. The second-order valence-electron chi connectivity index (χ2n) is 7.71. The van der Waals surface area contributed by atoms with E-state index in [0.717, 1.165) is 16.5 Å². The second-order valence-corrected chi connectivity index (χ2v) is 10.0. The Balaban J connectivity index is 1.73. The molecule has 3 aromatic rings. The van der Waals surface area contributed by atoms with Crippen LogP contribution in [0.25, 0.3) is 10.8 Å². The smallest absolute Gasteiger partial charge is 0.346 e. The molecule has 0 spiro atoms. The van der Waals surface area contributed by atoms with Gasteiger partial charge < -0.3 is 15.2 Å². The third-order valence-electron chi connectivity index (χ3n) is 5.25. The number of aromatic amines is 1. The first-order valence-corrected chi connectivity index (χ1v) is 11.4. The van der Waals surface area contributed by atoms with Gasteiger partial charge in [0.05, 0.1) is 5.25 Å². The van der Waals surface area contributed by atoms with Gasteiger partial charge in [-0.1, -0.05) is 19.9 Å². The molecule has 0 radical (unpaired) electrons. The van der Waals surface area contributed by atoms with Crippen LogP contribution in [0.5, 0.6) is 0 Å². The minimum atomic E-state index is -3.03. The van der Waals surface area contributed by atoms with E-state index < -0.39 is 15.5 Å². The maximum Gasteiger partial charge on any atom is 0.346 e. The molecule has 1 fully saturated rings. The second kappa shape index (κ2) is 7.14. The molecule has 1 aromatic carbocycles. The van der Waals surface area contributed by atoms with Gasteiger partial charge >= 0.3 is 5.69 Å². The minimum absolute atomic E-state index is 0.305. The van der Waals surface area contributed by atoms with E-state index >= 15 is 0 Å². The molecule has 2 aromatic heterocycles. The van der Waals surface area contributed by atoms with Crippen LogP contribution in [0.4, 0.5) is 17.3 Å². The number of aromatic nitrogens is 3. The Morgan fingerprint density at radius 3 is 2.59 bits per heavy atom. The lowest BCUT2D eigenvalue weighted by Crippen LogP contribution is -2.54. The number of nitrogens with zero attached hydrogens (tertiary/aromatic N) is 3. The first kappa shape index (κ1) is 19.4. The fraction of sp³-hybridized carbons (Fsp3) is 0.350. The zero-order chi connectivity index (χ0) is 20.8. The third kappa shape index (κ3) is 3.82. The molecule has 9 heteroatoms. The van der Waals surface area contributed by atoms with Crippen LogP contribution in [-0.4, -0.2) is 48.0 Å². The Morgan fingerprint density at radius 2 is 1.93 bits per heavy atom. The molecule has 1 aliphatic heterocycles. The predicted molar refractivity (Wildman–Crippen MR) is 115 cm³/mol. The summed E-state index contributed by atoms with van der Waals surface area (Å²) in [7, 11) is -3.03. The van der Waals surface area contributed by atoms with Crippen LogP contribution in [0.3, 0.4) is 0 Å². The van der Waals surface area contributed by atoms with Gasteiger partial charge in [0.1, 0.15) is 11.6 Å². The number of rotatable bonds is 5. The van der Waals surface area contributed by atoms with Crippen molar-refractivity contribution >= 4 is 37.9 Å². The SMILES string of the molecule is CC(C)c1ccc(N2CC(S(C)(=O)=O)C2)c2cnc(Nc3cc[nH]c(=O)n3)cc12. The third-order valence-corrected chi connectivity index (χ3v) is 6.76. The molecule has 3 heterocycles. The summed E-state index contributed by atoms with van der Waals surface area (Å²) in [4.78, 5) is 24.3. The summed E-state index contributed by atoms with van der Waals surface area (Å²) in [6.45, 7) is 5.24. The number of nitrogens with one attached hydrogen (secondary N) is 2. The summed E-state index contributed by atoms with van der Waals surface area (Å²) in [6.07, 6.45) is 4.61. The largest absolute Gasteiger partial charge is 0.368 e. The Labute approximate surface area is 168 Å². The molecule has 152 valence electrons. The molecule has 0 unspecified atom stereocenters. The van der Waals surface area contributed by atoms with Gasteiger partial charge in [0, 0.05) is 42.8 Å². The standard InChI is InChI=1S/C20H23N5O3S/c1-12(2)14-4-5-17(25-10-13(11-25)29(3,27)28)16-9-22-19(8-15(14)16)23-18-6-7-21-20(26)24-18/h4-9,12-13H,10-11H2,1-3H3,(H2,21,22,23,24,26). The number of sulfone groups is 1. The highest BCUT2D eigenvalue weighted by Crippen LogP contribution is 2.36. The predicted octanol–water partition coefficient (Wildman–Crippen LogP) is 2.42. The van der Waals surface area contributed by atoms with Crippen LogP contribution >= 0.6 is 0 Å². The molecule has 0 amide bonds. The minimum Gasteiger partial charge on any atom is -0.368 e. The number of hydrogen-bond donors (Lipinski definition) is 2. The number of benzene rings is 1. The van der Waals surface area contributed by atoms with Crippen molar-refractivity contribution < 1.29 is 8.42 Å². The van der Waals surface area contributed by atoms with Crippen LogP contribution in [-0.2, 0) is 9.84 Å². The maximum absolute atomic E-state index is 11.8. The molecule has 0 aliphatic carbocycles. The molecule has 2 N–H and O–H groups in total. The zero-order valence-electron chi connectivity index (χ0n) is 16.5. The van der Waals surface area contributed by atoms with E-state index in [-0.39, 0.29) is 5.25 Å². The van der Waals surface area contributed by atoms with E-state index in [1.807, 2.05) is 12.1 Å². The number of pyridine rings is 1. The van der Waals surface area contributed by atoms with Crippen molar-refractivity contribution in [3.05, 3.63) is 52.7 Å². The molecular weight excluding hydrogens is 390 g/mol. The van der Waals surface area contributed by atoms with Gasteiger partial charge in [0.25, 0.3) is 0 Å². The highest BCUT2D eigenvalue weighted by Gasteiger charge is 2.35. The van der Waals surface area contributed by atoms with Crippen LogP contribution in [0.15, 0.2) is 41.5 Å². The van der Waals surface area contributed by atoms with Crippen molar-refractivity contribution in [2.75, 3.05) is 29.6 Å². The molecule has 0 saturated carbocycles. The average molecular weight is 414 g/mol. The monoisotopic (exact) mass is 413 g/mol. The molecular formula is C20H23N5O3S. The summed E-state index contributed by atoms with van der Waals surface area (Å²) in [5, 5.41) is 4.77. The molecule has 0 atom stereocenters. The number of hydrogen-bond acceptors (Lipinski definition) is 7. The van der Waals surface area contributed by atoms with Crippen molar-refractivity contribution in [3.8, 4) is 0 Å².